The zero-order valence-corrected chi connectivity index (χ0v) is 11.4. The summed E-state index contributed by atoms with van der Waals surface area (Å²) in [5.74, 6) is -0.724. The van der Waals surface area contributed by atoms with E-state index in [0.29, 0.717) is 11.6 Å². The fourth-order valence-corrected chi connectivity index (χ4v) is 2.97. The Balaban J connectivity index is 2.20. The normalized spacial score (nSPS) is 15.8. The molecule has 1 aromatic carbocycles. The molecule has 0 saturated heterocycles. The van der Waals surface area contributed by atoms with Crippen LogP contribution in [0.5, 0.6) is 0 Å². The molecule has 0 aromatic heterocycles. The van der Waals surface area contributed by atoms with Gasteiger partial charge in [-0.1, -0.05) is 6.07 Å². The third-order valence-corrected chi connectivity index (χ3v) is 4.41. The molecule has 4 nitrogen and oxygen atoms in total. The first kappa shape index (κ1) is 15.3. The molecule has 0 bridgehead atoms. The molecule has 1 aromatic rings. The van der Waals surface area contributed by atoms with Gasteiger partial charge in [0.2, 0.25) is 10.0 Å². The van der Waals surface area contributed by atoms with Crippen molar-refractivity contribution in [2.24, 2.45) is 0 Å². The Kier molecular flexibility index (Phi) is 4.66. The second kappa shape index (κ2) is 6.11. The number of sulfonamides is 1. The maximum Gasteiger partial charge on any atom is 0.251 e. The first-order valence-electron chi connectivity index (χ1n) is 6.18. The Hall–Kier alpha value is -1.12. The van der Waals surface area contributed by atoms with Crippen LogP contribution in [0.25, 0.3) is 0 Å². The number of benzene rings is 1. The lowest BCUT2D eigenvalue weighted by atomic mass is 10.2. The number of hydrogen-bond acceptors (Lipinski definition) is 3. The fourth-order valence-electron chi connectivity index (χ4n) is 1.72. The third kappa shape index (κ3) is 4.19. The topological polar surface area (TPSA) is 58.2 Å². The molecule has 0 heterocycles. The van der Waals surface area contributed by atoms with E-state index in [9.17, 15) is 21.6 Å². The van der Waals surface area contributed by atoms with E-state index in [2.05, 4.69) is 5.32 Å². The lowest BCUT2D eigenvalue weighted by Gasteiger charge is -2.12. The van der Waals surface area contributed by atoms with Crippen molar-refractivity contribution in [2.45, 2.75) is 36.7 Å². The summed E-state index contributed by atoms with van der Waals surface area (Å²) in [6.07, 6.45) is -0.758. The molecule has 1 aliphatic rings. The molecule has 20 heavy (non-hydrogen) atoms. The number of rotatable bonds is 7. The summed E-state index contributed by atoms with van der Waals surface area (Å²) in [4.78, 5) is -0.300. The first-order valence-corrected chi connectivity index (χ1v) is 7.66. The summed E-state index contributed by atoms with van der Waals surface area (Å²) in [6.45, 7) is -0.732. The Labute approximate surface area is 115 Å². The monoisotopic (exact) mass is 308 g/mol. The van der Waals surface area contributed by atoms with Crippen molar-refractivity contribution in [1.82, 2.24) is 10.0 Å². The first-order chi connectivity index (χ1) is 9.38. The lowest BCUT2D eigenvalue weighted by Crippen LogP contribution is -2.30. The second-order valence-corrected chi connectivity index (χ2v) is 6.39. The Morgan fingerprint density at radius 3 is 2.60 bits per heavy atom. The van der Waals surface area contributed by atoms with Gasteiger partial charge in [0.25, 0.3) is 6.43 Å². The predicted octanol–water partition coefficient (Wildman–Crippen LogP) is 1.62. The number of halogens is 3. The molecule has 1 fully saturated rings. The van der Waals surface area contributed by atoms with Crippen LogP contribution in [0, 0.1) is 5.82 Å². The summed E-state index contributed by atoms with van der Waals surface area (Å²) in [6, 6.07) is 3.69. The molecular weight excluding hydrogens is 293 g/mol. The molecule has 1 aliphatic carbocycles. The molecule has 0 atom stereocenters. The van der Waals surface area contributed by atoms with E-state index in [1.54, 1.807) is 4.72 Å². The molecule has 8 heteroatoms. The van der Waals surface area contributed by atoms with E-state index in [-0.39, 0.29) is 11.4 Å². The Bertz CT molecular complexity index is 574. The van der Waals surface area contributed by atoms with E-state index < -0.39 is 28.8 Å². The minimum Gasteiger partial charge on any atom is -0.310 e. The molecular formula is C12H15F3N2O2S. The predicted molar refractivity (Wildman–Crippen MR) is 67.5 cm³/mol. The summed E-state index contributed by atoms with van der Waals surface area (Å²) >= 11 is 0. The smallest absolute Gasteiger partial charge is 0.251 e. The van der Waals surface area contributed by atoms with Gasteiger partial charge in [-0.05, 0) is 30.5 Å². The quantitative estimate of drug-likeness (QED) is 0.805. The van der Waals surface area contributed by atoms with Gasteiger partial charge in [0, 0.05) is 12.6 Å². The van der Waals surface area contributed by atoms with Gasteiger partial charge in [0.15, 0.2) is 0 Å². The van der Waals surface area contributed by atoms with Gasteiger partial charge < -0.3 is 5.32 Å². The highest BCUT2D eigenvalue weighted by Crippen LogP contribution is 2.22. The van der Waals surface area contributed by atoms with Gasteiger partial charge in [-0.2, -0.15) is 0 Å². The van der Waals surface area contributed by atoms with Crippen LogP contribution in [0.2, 0.25) is 0 Å². The van der Waals surface area contributed by atoms with Gasteiger partial charge in [0.05, 0.1) is 11.4 Å². The van der Waals surface area contributed by atoms with Crippen molar-refractivity contribution in [3.05, 3.63) is 29.6 Å². The highest BCUT2D eigenvalue weighted by molar-refractivity contribution is 7.89. The largest absolute Gasteiger partial charge is 0.310 e. The minimum atomic E-state index is -4.15. The van der Waals surface area contributed by atoms with Gasteiger partial charge in [-0.3, -0.25) is 0 Å². The molecule has 0 amide bonds. The van der Waals surface area contributed by atoms with Crippen LogP contribution in [-0.2, 0) is 16.6 Å². The van der Waals surface area contributed by atoms with Crippen molar-refractivity contribution in [3.63, 3.8) is 0 Å². The summed E-state index contributed by atoms with van der Waals surface area (Å²) in [5, 5.41) is 3.11. The van der Waals surface area contributed by atoms with Crippen LogP contribution in [0.4, 0.5) is 13.2 Å². The molecule has 2 rings (SSSR count). The van der Waals surface area contributed by atoms with E-state index >= 15 is 0 Å². The maximum atomic E-state index is 13.2. The van der Waals surface area contributed by atoms with Crippen molar-refractivity contribution in [3.8, 4) is 0 Å². The summed E-state index contributed by atoms with van der Waals surface area (Å²) in [7, 11) is -4.15. The Morgan fingerprint density at radius 1 is 1.30 bits per heavy atom. The van der Waals surface area contributed by atoms with Gasteiger partial charge in [-0.15, -0.1) is 0 Å². The highest BCUT2D eigenvalue weighted by Gasteiger charge is 2.24. The van der Waals surface area contributed by atoms with Crippen LogP contribution in [-0.4, -0.2) is 27.4 Å². The highest BCUT2D eigenvalue weighted by atomic mass is 32.2. The van der Waals surface area contributed by atoms with E-state index in [4.69, 9.17) is 0 Å². The van der Waals surface area contributed by atoms with Gasteiger partial charge >= 0.3 is 0 Å². The lowest BCUT2D eigenvalue weighted by molar-refractivity contribution is 0.153. The Morgan fingerprint density at radius 2 is 2.00 bits per heavy atom. The standard InChI is InChI=1S/C12H15F3N2O2S/c13-9-2-1-8(6-16-10-3-4-10)11(5-9)20(18,19)17-7-12(14)15/h1-2,5,10,12,16-17H,3-4,6-7H2. The molecule has 2 N–H and O–H groups in total. The van der Waals surface area contributed by atoms with Crippen molar-refractivity contribution < 1.29 is 21.6 Å². The number of hydrogen-bond donors (Lipinski definition) is 2. The summed E-state index contributed by atoms with van der Waals surface area (Å²) < 4.78 is 63.1. The number of nitrogens with one attached hydrogen (secondary N) is 2. The van der Waals surface area contributed by atoms with E-state index in [0.717, 1.165) is 25.0 Å². The van der Waals surface area contributed by atoms with Crippen LogP contribution in [0.15, 0.2) is 23.1 Å². The van der Waals surface area contributed by atoms with Crippen molar-refractivity contribution >= 4 is 10.0 Å². The maximum absolute atomic E-state index is 13.2. The van der Waals surface area contributed by atoms with Crippen LogP contribution in [0.3, 0.4) is 0 Å². The van der Waals surface area contributed by atoms with Crippen LogP contribution in [0.1, 0.15) is 18.4 Å². The number of alkyl halides is 2. The molecule has 0 aliphatic heterocycles. The van der Waals surface area contributed by atoms with E-state index in [1.807, 2.05) is 0 Å². The van der Waals surface area contributed by atoms with Gasteiger partial charge in [-0.25, -0.2) is 26.3 Å². The molecule has 0 spiro atoms. The zero-order chi connectivity index (χ0) is 14.8. The van der Waals surface area contributed by atoms with E-state index in [1.165, 1.54) is 6.07 Å². The summed E-state index contributed by atoms with van der Waals surface area (Å²) in [5.41, 5.74) is 0.361. The SMILES string of the molecule is O=S(=O)(NCC(F)F)c1cc(F)ccc1CNC1CC1. The van der Waals surface area contributed by atoms with Gasteiger partial charge in [0.1, 0.15) is 5.82 Å². The average molecular weight is 308 g/mol. The zero-order valence-electron chi connectivity index (χ0n) is 10.6. The second-order valence-electron chi connectivity index (χ2n) is 4.65. The molecule has 0 unspecified atom stereocenters. The van der Waals surface area contributed by atoms with Crippen LogP contribution < -0.4 is 10.0 Å². The fraction of sp³-hybridized carbons (Fsp3) is 0.500. The van der Waals surface area contributed by atoms with Crippen LogP contribution >= 0.6 is 0 Å². The average Bonchev–Trinajstić information content (AvgIpc) is 3.19. The minimum absolute atomic E-state index is 0.260. The van der Waals surface area contributed by atoms with Crippen molar-refractivity contribution in [1.29, 1.82) is 0 Å². The molecule has 112 valence electrons. The third-order valence-electron chi connectivity index (χ3n) is 2.90. The molecule has 1 saturated carbocycles. The van der Waals surface area contributed by atoms with Crippen molar-refractivity contribution in [2.75, 3.05) is 6.54 Å². The molecule has 0 radical (unpaired) electrons.